The van der Waals surface area contributed by atoms with E-state index in [2.05, 4.69) is 33.0 Å². The third kappa shape index (κ3) is 38.5. The minimum Gasteiger partial charge on any atom is -0.381 e. The molecule has 0 aliphatic rings. The molecule has 0 radical (unpaired) electrons. The van der Waals surface area contributed by atoms with Crippen molar-refractivity contribution in [1.29, 1.82) is 0 Å². The van der Waals surface area contributed by atoms with Gasteiger partial charge in [-0.2, -0.15) is 0 Å². The van der Waals surface area contributed by atoms with Gasteiger partial charge < -0.3 is 14.8 Å². The Balaban J connectivity index is 3.36. The van der Waals surface area contributed by atoms with Gasteiger partial charge in [-0.3, -0.25) is 0 Å². The van der Waals surface area contributed by atoms with Crippen molar-refractivity contribution in [3.8, 4) is 0 Å². The van der Waals surface area contributed by atoms with Crippen LogP contribution >= 0.6 is 0 Å². The zero-order valence-corrected chi connectivity index (χ0v) is 33.3. The minimum absolute atomic E-state index is 0.949. The van der Waals surface area contributed by atoms with Gasteiger partial charge in [0, 0.05) is 26.4 Å². The molecule has 0 aromatic carbocycles. The van der Waals surface area contributed by atoms with E-state index in [1.165, 1.54) is 219 Å². The second-order valence-electron chi connectivity index (χ2n) is 15.2. The number of hydrogen-bond donors (Lipinski definition) is 1. The average Bonchev–Trinajstić information content (AvgIpc) is 3.08. The van der Waals surface area contributed by atoms with E-state index in [0.29, 0.717) is 0 Å². The summed E-state index contributed by atoms with van der Waals surface area (Å²) in [6.45, 7) is 15.6. The number of hydrogen-bond acceptors (Lipinski definition) is 3. The molecule has 47 heavy (non-hydrogen) atoms. The van der Waals surface area contributed by atoms with Crippen LogP contribution in [0.5, 0.6) is 0 Å². The molecule has 0 heterocycles. The van der Waals surface area contributed by atoms with Gasteiger partial charge >= 0.3 is 0 Å². The molecule has 0 aliphatic heterocycles. The maximum absolute atomic E-state index is 5.99. The van der Waals surface area contributed by atoms with Gasteiger partial charge in [-0.25, -0.2) is 0 Å². The molecular weight excluding hydrogens is 574 g/mol. The molecule has 0 rings (SSSR count). The SMILES string of the molecule is CCCCCC(CCCCC)CCCOCCCCCCCCNCCCCCCCCOCCCC(CCCCC)CCCCC. The zero-order valence-electron chi connectivity index (χ0n) is 33.3. The lowest BCUT2D eigenvalue weighted by molar-refractivity contribution is 0.121. The summed E-state index contributed by atoms with van der Waals surface area (Å²) in [5, 5.41) is 3.68. The van der Waals surface area contributed by atoms with Gasteiger partial charge in [0.25, 0.3) is 0 Å². The van der Waals surface area contributed by atoms with Crippen molar-refractivity contribution >= 4 is 0 Å². The van der Waals surface area contributed by atoms with E-state index in [9.17, 15) is 0 Å². The van der Waals surface area contributed by atoms with Crippen molar-refractivity contribution in [2.45, 2.75) is 233 Å². The third-order valence-corrected chi connectivity index (χ3v) is 10.5. The topological polar surface area (TPSA) is 30.5 Å². The van der Waals surface area contributed by atoms with Crippen molar-refractivity contribution < 1.29 is 9.47 Å². The molecule has 1 N–H and O–H groups in total. The van der Waals surface area contributed by atoms with Gasteiger partial charge in [-0.1, -0.05) is 182 Å². The molecule has 0 aromatic heterocycles. The molecule has 0 aromatic rings. The van der Waals surface area contributed by atoms with Gasteiger partial charge in [0.1, 0.15) is 0 Å². The van der Waals surface area contributed by atoms with Crippen molar-refractivity contribution in [3.63, 3.8) is 0 Å². The Morgan fingerprint density at radius 3 is 0.915 bits per heavy atom. The molecule has 0 fully saturated rings. The first-order chi connectivity index (χ1) is 23.3. The zero-order chi connectivity index (χ0) is 34.1. The van der Waals surface area contributed by atoms with E-state index >= 15 is 0 Å². The summed E-state index contributed by atoms with van der Waals surface area (Å²) < 4.78 is 12.0. The minimum atomic E-state index is 0.949. The Morgan fingerprint density at radius 2 is 0.574 bits per heavy atom. The quantitative estimate of drug-likeness (QED) is 0.0658. The second kappa shape index (κ2) is 42.0. The van der Waals surface area contributed by atoms with Crippen LogP contribution < -0.4 is 5.32 Å². The van der Waals surface area contributed by atoms with E-state index in [4.69, 9.17) is 9.47 Å². The van der Waals surface area contributed by atoms with Crippen molar-refractivity contribution in [3.05, 3.63) is 0 Å². The molecule has 0 spiro atoms. The van der Waals surface area contributed by atoms with E-state index in [0.717, 1.165) is 38.3 Å². The highest BCUT2D eigenvalue weighted by molar-refractivity contribution is 4.62. The predicted molar refractivity (Wildman–Crippen MR) is 212 cm³/mol. The Hall–Kier alpha value is -0.120. The standard InChI is InChI=1S/C44H91NO2/c1-5-9-21-31-43(32-22-10-6-2)35-29-41-46-39-27-19-15-13-17-25-37-45-38-26-18-14-16-20-28-40-47-42-30-36-44(33-23-11-7-3)34-24-12-8-4/h43-45H,5-42H2,1-4H3. The highest BCUT2D eigenvalue weighted by Crippen LogP contribution is 2.23. The molecule has 0 aliphatic carbocycles. The van der Waals surface area contributed by atoms with Crippen LogP contribution in [-0.4, -0.2) is 39.5 Å². The maximum atomic E-state index is 5.99. The molecule has 0 unspecified atom stereocenters. The van der Waals surface area contributed by atoms with Crippen molar-refractivity contribution in [2.24, 2.45) is 11.8 Å². The van der Waals surface area contributed by atoms with Crippen LogP contribution in [0, 0.1) is 11.8 Å². The largest absolute Gasteiger partial charge is 0.381 e. The smallest absolute Gasteiger partial charge is 0.0466 e. The lowest BCUT2D eigenvalue weighted by Gasteiger charge is -2.16. The Bertz CT molecular complexity index is 475. The fourth-order valence-corrected chi connectivity index (χ4v) is 7.20. The summed E-state index contributed by atoms with van der Waals surface area (Å²) in [6, 6.07) is 0. The average molecular weight is 666 g/mol. The molecule has 0 amide bonds. The van der Waals surface area contributed by atoms with Gasteiger partial charge in [0.05, 0.1) is 0 Å². The van der Waals surface area contributed by atoms with Gasteiger partial charge in [-0.05, 0) is 76.3 Å². The normalized spacial score (nSPS) is 11.9. The molecule has 0 atom stereocenters. The second-order valence-corrected chi connectivity index (χ2v) is 15.2. The molecule has 0 saturated heterocycles. The van der Waals surface area contributed by atoms with E-state index < -0.39 is 0 Å². The van der Waals surface area contributed by atoms with E-state index in [1.807, 2.05) is 0 Å². The van der Waals surface area contributed by atoms with E-state index in [-0.39, 0.29) is 0 Å². The summed E-state index contributed by atoms with van der Waals surface area (Å²) in [7, 11) is 0. The third-order valence-electron chi connectivity index (χ3n) is 10.5. The van der Waals surface area contributed by atoms with Gasteiger partial charge in [0.2, 0.25) is 0 Å². The summed E-state index contributed by atoms with van der Waals surface area (Å²) in [4.78, 5) is 0. The number of rotatable bonds is 42. The summed E-state index contributed by atoms with van der Waals surface area (Å²) in [5.41, 5.74) is 0. The Morgan fingerprint density at radius 1 is 0.298 bits per heavy atom. The first-order valence-corrected chi connectivity index (χ1v) is 22.1. The highest BCUT2D eigenvalue weighted by Gasteiger charge is 2.09. The first-order valence-electron chi connectivity index (χ1n) is 22.1. The van der Waals surface area contributed by atoms with Crippen LogP contribution in [0.25, 0.3) is 0 Å². The Labute approximate surface area is 298 Å². The van der Waals surface area contributed by atoms with Crippen LogP contribution in [-0.2, 0) is 9.47 Å². The van der Waals surface area contributed by atoms with Crippen LogP contribution in [0.3, 0.4) is 0 Å². The highest BCUT2D eigenvalue weighted by atomic mass is 16.5. The summed E-state index contributed by atoms with van der Waals surface area (Å²) in [5.74, 6) is 1.90. The van der Waals surface area contributed by atoms with Crippen LogP contribution in [0.15, 0.2) is 0 Å². The van der Waals surface area contributed by atoms with Crippen LogP contribution in [0.4, 0.5) is 0 Å². The maximum Gasteiger partial charge on any atom is 0.0466 e. The molecular formula is C44H91NO2. The predicted octanol–water partition coefficient (Wildman–Crippen LogP) is 14.4. The lowest BCUT2D eigenvalue weighted by Crippen LogP contribution is -2.16. The van der Waals surface area contributed by atoms with Crippen LogP contribution in [0.2, 0.25) is 0 Å². The molecule has 0 saturated carbocycles. The van der Waals surface area contributed by atoms with E-state index in [1.54, 1.807) is 0 Å². The van der Waals surface area contributed by atoms with Crippen molar-refractivity contribution in [2.75, 3.05) is 39.5 Å². The lowest BCUT2D eigenvalue weighted by atomic mass is 9.91. The molecule has 0 bridgehead atoms. The fraction of sp³-hybridized carbons (Fsp3) is 1.00. The number of nitrogens with one attached hydrogen (secondary N) is 1. The fourth-order valence-electron chi connectivity index (χ4n) is 7.20. The number of ether oxygens (including phenoxy) is 2. The summed E-state index contributed by atoms with van der Waals surface area (Å²) in [6.07, 6.45) is 44.0. The molecule has 3 nitrogen and oxygen atoms in total. The molecule has 3 heteroatoms. The summed E-state index contributed by atoms with van der Waals surface area (Å²) >= 11 is 0. The Kier molecular flexibility index (Phi) is 41.9. The first kappa shape index (κ1) is 46.9. The van der Waals surface area contributed by atoms with Crippen LogP contribution in [0.1, 0.15) is 233 Å². The van der Waals surface area contributed by atoms with Gasteiger partial charge in [-0.15, -0.1) is 0 Å². The van der Waals surface area contributed by atoms with Crippen molar-refractivity contribution in [1.82, 2.24) is 5.32 Å². The monoisotopic (exact) mass is 666 g/mol. The number of unbranched alkanes of at least 4 members (excludes halogenated alkanes) is 18. The van der Waals surface area contributed by atoms with Gasteiger partial charge in [0.15, 0.2) is 0 Å². The molecule has 284 valence electrons.